The Kier molecular flexibility index (Phi) is 2.35. The Morgan fingerprint density at radius 1 is 1.50 bits per heavy atom. The van der Waals surface area contributed by atoms with Crippen LogP contribution in [0.2, 0.25) is 0 Å². The van der Waals surface area contributed by atoms with Crippen LogP contribution >= 0.6 is 0 Å². The minimum absolute atomic E-state index is 0.143. The molecule has 0 bridgehead atoms. The quantitative estimate of drug-likeness (QED) is 0.746. The lowest BCUT2D eigenvalue weighted by Gasteiger charge is -2.15. The first-order chi connectivity index (χ1) is 6.57. The highest BCUT2D eigenvalue weighted by Gasteiger charge is 2.23. The Labute approximate surface area is 84.9 Å². The van der Waals surface area contributed by atoms with E-state index < -0.39 is 0 Å². The van der Waals surface area contributed by atoms with Crippen LogP contribution in [0.15, 0.2) is 6.20 Å². The van der Waals surface area contributed by atoms with Crippen molar-refractivity contribution in [3.05, 3.63) is 17.7 Å². The van der Waals surface area contributed by atoms with Gasteiger partial charge in [0.25, 0.3) is 0 Å². The number of nitrogens with one attached hydrogen (secondary N) is 1. The van der Waals surface area contributed by atoms with Crippen LogP contribution in [0.5, 0.6) is 0 Å². The second-order valence-electron chi connectivity index (χ2n) is 4.93. The number of ether oxygens (including phenoxy) is 1. The molecule has 3 nitrogen and oxygen atoms in total. The Balaban J connectivity index is 2.17. The summed E-state index contributed by atoms with van der Waals surface area (Å²) in [5.41, 5.74) is 1.33. The molecular weight excluding hydrogens is 176 g/mol. The predicted octanol–water partition coefficient (Wildman–Crippen LogP) is 2.56. The van der Waals surface area contributed by atoms with E-state index in [1.165, 1.54) is 5.69 Å². The normalized spacial score (nSPS) is 22.9. The highest BCUT2D eigenvalue weighted by Crippen LogP contribution is 2.28. The van der Waals surface area contributed by atoms with E-state index in [-0.39, 0.29) is 11.5 Å². The number of rotatable bonds is 1. The van der Waals surface area contributed by atoms with E-state index >= 15 is 0 Å². The molecular formula is C11H18N2O. The zero-order chi connectivity index (χ0) is 10.2. The summed E-state index contributed by atoms with van der Waals surface area (Å²) in [5, 5.41) is 0. The lowest BCUT2D eigenvalue weighted by atomic mass is 9.93. The second-order valence-corrected chi connectivity index (χ2v) is 4.93. The van der Waals surface area contributed by atoms with Crippen molar-refractivity contribution < 1.29 is 4.74 Å². The molecule has 0 spiro atoms. The smallest absolute Gasteiger partial charge is 0.135 e. The molecule has 2 rings (SSSR count). The summed E-state index contributed by atoms with van der Waals surface area (Å²) < 4.78 is 5.57. The molecule has 1 N–H and O–H groups in total. The number of imidazole rings is 1. The second kappa shape index (κ2) is 3.39. The number of aromatic nitrogens is 2. The van der Waals surface area contributed by atoms with Crippen molar-refractivity contribution in [3.63, 3.8) is 0 Å². The van der Waals surface area contributed by atoms with Crippen LogP contribution in [0.3, 0.4) is 0 Å². The van der Waals surface area contributed by atoms with Gasteiger partial charge in [0.2, 0.25) is 0 Å². The summed E-state index contributed by atoms with van der Waals surface area (Å²) in [6, 6.07) is 0. The molecule has 0 saturated carbocycles. The molecule has 1 atom stereocenters. The van der Waals surface area contributed by atoms with Crippen molar-refractivity contribution in [3.8, 4) is 0 Å². The summed E-state index contributed by atoms with van der Waals surface area (Å²) in [7, 11) is 0. The van der Waals surface area contributed by atoms with Crippen LogP contribution in [0.25, 0.3) is 0 Å². The minimum Gasteiger partial charge on any atom is -0.370 e. The van der Waals surface area contributed by atoms with Crippen molar-refractivity contribution in [2.24, 2.45) is 0 Å². The van der Waals surface area contributed by atoms with Crippen LogP contribution < -0.4 is 0 Å². The van der Waals surface area contributed by atoms with Gasteiger partial charge in [-0.15, -0.1) is 0 Å². The highest BCUT2D eigenvalue weighted by atomic mass is 16.5. The maximum absolute atomic E-state index is 5.57. The largest absolute Gasteiger partial charge is 0.370 e. The first-order valence-corrected chi connectivity index (χ1v) is 5.24. The van der Waals surface area contributed by atoms with Gasteiger partial charge in [0.15, 0.2) is 0 Å². The molecule has 3 heteroatoms. The van der Waals surface area contributed by atoms with Gasteiger partial charge in [0.05, 0.1) is 0 Å². The van der Waals surface area contributed by atoms with Gasteiger partial charge in [-0.25, -0.2) is 4.98 Å². The molecule has 1 saturated heterocycles. The monoisotopic (exact) mass is 194 g/mol. The van der Waals surface area contributed by atoms with Gasteiger partial charge in [0.1, 0.15) is 11.9 Å². The zero-order valence-corrected chi connectivity index (χ0v) is 9.13. The number of hydrogen-bond acceptors (Lipinski definition) is 2. The van der Waals surface area contributed by atoms with Gasteiger partial charge in [-0.05, 0) is 12.8 Å². The van der Waals surface area contributed by atoms with E-state index in [9.17, 15) is 0 Å². The number of H-pyrrole nitrogens is 1. The number of aromatic amines is 1. The van der Waals surface area contributed by atoms with Gasteiger partial charge < -0.3 is 9.72 Å². The average molecular weight is 194 g/mol. The third-order valence-electron chi connectivity index (χ3n) is 2.64. The minimum atomic E-state index is 0.143. The Bertz CT molecular complexity index is 305. The summed E-state index contributed by atoms with van der Waals surface area (Å²) in [5.74, 6) is 0.993. The SMILES string of the molecule is CC(C)(C)c1cnc(C2CCCO2)[nH]1. The molecule has 1 fully saturated rings. The van der Waals surface area contributed by atoms with E-state index in [0.29, 0.717) is 0 Å². The molecule has 2 heterocycles. The van der Waals surface area contributed by atoms with Gasteiger partial charge in [-0.1, -0.05) is 20.8 Å². The number of nitrogens with zero attached hydrogens (tertiary/aromatic N) is 1. The van der Waals surface area contributed by atoms with E-state index in [1.807, 2.05) is 6.20 Å². The molecule has 1 aromatic rings. The first kappa shape index (κ1) is 9.71. The Morgan fingerprint density at radius 3 is 2.79 bits per heavy atom. The zero-order valence-electron chi connectivity index (χ0n) is 9.13. The summed E-state index contributed by atoms with van der Waals surface area (Å²) in [4.78, 5) is 7.74. The molecule has 0 aromatic carbocycles. The van der Waals surface area contributed by atoms with Crippen molar-refractivity contribution in [2.75, 3.05) is 6.61 Å². The topological polar surface area (TPSA) is 37.9 Å². The van der Waals surface area contributed by atoms with E-state index in [0.717, 1.165) is 25.3 Å². The molecule has 1 aliphatic heterocycles. The van der Waals surface area contributed by atoms with Gasteiger partial charge in [-0.3, -0.25) is 0 Å². The lowest BCUT2D eigenvalue weighted by Crippen LogP contribution is -2.11. The van der Waals surface area contributed by atoms with Crippen LogP contribution in [-0.2, 0) is 10.2 Å². The maximum Gasteiger partial charge on any atom is 0.135 e. The highest BCUT2D eigenvalue weighted by molar-refractivity contribution is 5.12. The van der Waals surface area contributed by atoms with E-state index in [1.54, 1.807) is 0 Å². The lowest BCUT2D eigenvalue weighted by molar-refractivity contribution is 0.105. The molecule has 1 aliphatic rings. The fraction of sp³-hybridized carbons (Fsp3) is 0.727. The first-order valence-electron chi connectivity index (χ1n) is 5.24. The standard InChI is InChI=1S/C11H18N2O/c1-11(2,3)9-7-12-10(13-9)8-5-4-6-14-8/h7-8H,4-6H2,1-3H3,(H,12,13). The molecule has 0 amide bonds. The Hall–Kier alpha value is -0.830. The van der Waals surface area contributed by atoms with E-state index in [2.05, 4.69) is 30.7 Å². The molecule has 1 aromatic heterocycles. The van der Waals surface area contributed by atoms with Crippen molar-refractivity contribution in [1.82, 2.24) is 9.97 Å². The average Bonchev–Trinajstić information content (AvgIpc) is 2.73. The summed E-state index contributed by atoms with van der Waals surface area (Å²) in [6.07, 6.45) is 4.37. The predicted molar refractivity (Wildman–Crippen MR) is 55.2 cm³/mol. The third kappa shape index (κ3) is 1.82. The fourth-order valence-electron chi connectivity index (χ4n) is 1.67. The fourth-order valence-corrected chi connectivity index (χ4v) is 1.67. The van der Waals surface area contributed by atoms with Crippen LogP contribution in [0.1, 0.15) is 51.2 Å². The molecule has 78 valence electrons. The van der Waals surface area contributed by atoms with Gasteiger partial charge in [-0.2, -0.15) is 0 Å². The number of hydrogen-bond donors (Lipinski definition) is 1. The summed E-state index contributed by atoms with van der Waals surface area (Å²) in [6.45, 7) is 7.41. The Morgan fingerprint density at radius 2 is 2.29 bits per heavy atom. The van der Waals surface area contributed by atoms with Crippen molar-refractivity contribution in [2.45, 2.75) is 45.1 Å². The third-order valence-corrected chi connectivity index (χ3v) is 2.64. The maximum atomic E-state index is 5.57. The van der Waals surface area contributed by atoms with Gasteiger partial charge in [0, 0.05) is 23.9 Å². The molecule has 0 aliphatic carbocycles. The summed E-state index contributed by atoms with van der Waals surface area (Å²) >= 11 is 0. The molecule has 1 unspecified atom stereocenters. The van der Waals surface area contributed by atoms with Crippen LogP contribution in [0, 0.1) is 0 Å². The van der Waals surface area contributed by atoms with Crippen molar-refractivity contribution in [1.29, 1.82) is 0 Å². The van der Waals surface area contributed by atoms with Crippen LogP contribution in [0.4, 0.5) is 0 Å². The van der Waals surface area contributed by atoms with Gasteiger partial charge >= 0.3 is 0 Å². The van der Waals surface area contributed by atoms with Crippen LogP contribution in [-0.4, -0.2) is 16.6 Å². The van der Waals surface area contributed by atoms with E-state index in [4.69, 9.17) is 4.74 Å². The molecule has 0 radical (unpaired) electrons. The molecule has 14 heavy (non-hydrogen) atoms. The van der Waals surface area contributed by atoms with Crippen molar-refractivity contribution >= 4 is 0 Å².